The van der Waals surface area contributed by atoms with Crippen molar-refractivity contribution in [1.29, 1.82) is 0 Å². The molecule has 2 amide bonds. The molecular formula is C24H33N5O3. The summed E-state index contributed by atoms with van der Waals surface area (Å²) >= 11 is 0. The molecule has 1 fully saturated rings. The number of fused-ring (bicyclic) bond motifs is 1. The highest BCUT2D eigenvalue weighted by molar-refractivity contribution is 5.94. The van der Waals surface area contributed by atoms with Crippen LogP contribution in [0.25, 0.3) is 0 Å². The van der Waals surface area contributed by atoms with Gasteiger partial charge >= 0.3 is 0 Å². The number of nitrogens with one attached hydrogen (secondary N) is 1. The molecule has 32 heavy (non-hydrogen) atoms. The van der Waals surface area contributed by atoms with E-state index in [0.29, 0.717) is 38.4 Å². The fraction of sp³-hybridized carbons (Fsp3) is 0.542. The number of rotatable bonds is 9. The van der Waals surface area contributed by atoms with Gasteiger partial charge in [-0.3, -0.25) is 19.2 Å². The summed E-state index contributed by atoms with van der Waals surface area (Å²) in [7, 11) is 1.66. The molecule has 0 atom stereocenters. The second kappa shape index (κ2) is 9.73. The molecule has 0 spiro atoms. The molecule has 2 aliphatic rings. The van der Waals surface area contributed by atoms with Crippen LogP contribution in [0.2, 0.25) is 0 Å². The van der Waals surface area contributed by atoms with Gasteiger partial charge in [0.15, 0.2) is 5.69 Å². The largest absolute Gasteiger partial charge is 0.497 e. The van der Waals surface area contributed by atoms with E-state index < -0.39 is 0 Å². The van der Waals surface area contributed by atoms with Crippen LogP contribution in [0, 0.1) is 0 Å². The van der Waals surface area contributed by atoms with Crippen LogP contribution in [0.1, 0.15) is 54.0 Å². The highest BCUT2D eigenvalue weighted by Gasteiger charge is 2.32. The van der Waals surface area contributed by atoms with Crippen molar-refractivity contribution in [2.24, 2.45) is 0 Å². The van der Waals surface area contributed by atoms with E-state index in [9.17, 15) is 9.59 Å². The number of carbonyl (C=O) groups excluding carboxylic acids is 2. The zero-order valence-electron chi connectivity index (χ0n) is 19.3. The topological polar surface area (TPSA) is 79.7 Å². The number of benzene rings is 1. The summed E-state index contributed by atoms with van der Waals surface area (Å²) in [6.07, 6.45) is 2.82. The van der Waals surface area contributed by atoms with Crippen molar-refractivity contribution in [2.45, 2.75) is 52.2 Å². The third-order valence-electron chi connectivity index (χ3n) is 6.28. The maximum absolute atomic E-state index is 13.0. The van der Waals surface area contributed by atoms with Gasteiger partial charge in [-0.25, -0.2) is 0 Å². The monoisotopic (exact) mass is 439 g/mol. The van der Waals surface area contributed by atoms with Gasteiger partial charge in [0.05, 0.1) is 20.2 Å². The van der Waals surface area contributed by atoms with Crippen molar-refractivity contribution in [3.05, 3.63) is 46.8 Å². The Hall–Kier alpha value is -2.87. The van der Waals surface area contributed by atoms with E-state index in [1.54, 1.807) is 7.11 Å². The molecule has 0 unspecified atom stereocenters. The Kier molecular flexibility index (Phi) is 6.79. The Morgan fingerprint density at radius 1 is 1.25 bits per heavy atom. The van der Waals surface area contributed by atoms with Crippen LogP contribution in [-0.2, 0) is 24.3 Å². The van der Waals surface area contributed by atoms with E-state index in [-0.39, 0.29) is 17.9 Å². The van der Waals surface area contributed by atoms with Crippen LogP contribution in [-0.4, -0.2) is 70.7 Å². The second-order valence-corrected chi connectivity index (χ2v) is 8.56. The number of amides is 2. The van der Waals surface area contributed by atoms with E-state index in [1.807, 2.05) is 47.7 Å². The Bertz CT molecular complexity index is 978. The lowest BCUT2D eigenvalue weighted by molar-refractivity contribution is -0.132. The van der Waals surface area contributed by atoms with Gasteiger partial charge in [-0.2, -0.15) is 5.10 Å². The Morgan fingerprint density at radius 2 is 2.03 bits per heavy atom. The normalized spacial score (nSPS) is 15.8. The lowest BCUT2D eigenvalue weighted by Crippen LogP contribution is -2.42. The zero-order valence-corrected chi connectivity index (χ0v) is 19.3. The standard InChI is InChI=1S/C24H33N5O3/c1-4-28(5-2)22(30)16-27-12-11-21-20(15-27)23(24(31)25-18-9-10-18)26-29(21)14-17-7-6-8-19(13-17)32-3/h6-8,13,18H,4-5,9-12,14-16H2,1-3H3,(H,25,31). The number of aromatic nitrogens is 2. The smallest absolute Gasteiger partial charge is 0.272 e. The van der Waals surface area contributed by atoms with Crippen LogP contribution >= 0.6 is 0 Å². The Morgan fingerprint density at radius 3 is 2.72 bits per heavy atom. The summed E-state index contributed by atoms with van der Waals surface area (Å²) in [4.78, 5) is 29.6. The summed E-state index contributed by atoms with van der Waals surface area (Å²) in [5.41, 5.74) is 3.60. The fourth-order valence-corrected chi connectivity index (χ4v) is 4.29. The average molecular weight is 440 g/mol. The van der Waals surface area contributed by atoms with Crippen molar-refractivity contribution in [2.75, 3.05) is 33.3 Å². The van der Waals surface area contributed by atoms with Gasteiger partial charge in [-0.05, 0) is 44.4 Å². The molecular weight excluding hydrogens is 406 g/mol. The van der Waals surface area contributed by atoms with Crippen LogP contribution in [0.3, 0.4) is 0 Å². The van der Waals surface area contributed by atoms with E-state index in [4.69, 9.17) is 9.84 Å². The maximum atomic E-state index is 13.0. The van der Waals surface area contributed by atoms with Crippen LogP contribution in [0.15, 0.2) is 24.3 Å². The Labute approximate surface area is 189 Å². The van der Waals surface area contributed by atoms with Crippen LogP contribution in [0.4, 0.5) is 0 Å². The number of likely N-dealkylation sites (N-methyl/N-ethyl adjacent to an activating group) is 1. The zero-order chi connectivity index (χ0) is 22.7. The molecule has 1 aliphatic heterocycles. The summed E-state index contributed by atoms with van der Waals surface area (Å²) < 4.78 is 7.31. The molecule has 4 rings (SSSR count). The molecule has 8 heteroatoms. The molecule has 0 saturated heterocycles. The molecule has 1 N–H and O–H groups in total. The quantitative estimate of drug-likeness (QED) is 0.647. The third-order valence-corrected chi connectivity index (χ3v) is 6.28. The van der Waals surface area contributed by atoms with Gasteiger partial charge in [0.2, 0.25) is 5.91 Å². The lowest BCUT2D eigenvalue weighted by Gasteiger charge is -2.29. The number of methoxy groups -OCH3 is 1. The van der Waals surface area contributed by atoms with Crippen LogP contribution in [0.5, 0.6) is 5.75 Å². The number of hydrogen-bond donors (Lipinski definition) is 1. The molecule has 0 bridgehead atoms. The molecule has 2 heterocycles. The first-order valence-corrected chi connectivity index (χ1v) is 11.5. The van der Waals surface area contributed by atoms with Crippen molar-refractivity contribution in [1.82, 2.24) is 24.9 Å². The molecule has 8 nitrogen and oxygen atoms in total. The minimum absolute atomic E-state index is 0.106. The molecule has 2 aromatic rings. The predicted octanol–water partition coefficient (Wildman–Crippen LogP) is 2.06. The highest BCUT2D eigenvalue weighted by Crippen LogP contribution is 2.26. The van der Waals surface area contributed by atoms with Crippen molar-refractivity contribution in [3.63, 3.8) is 0 Å². The predicted molar refractivity (Wildman–Crippen MR) is 122 cm³/mol. The fourth-order valence-electron chi connectivity index (χ4n) is 4.29. The van der Waals surface area contributed by atoms with E-state index >= 15 is 0 Å². The number of carbonyl (C=O) groups is 2. The second-order valence-electron chi connectivity index (χ2n) is 8.56. The first-order valence-electron chi connectivity index (χ1n) is 11.5. The SMILES string of the molecule is CCN(CC)C(=O)CN1CCc2c(c(C(=O)NC3CC3)nn2Cc2cccc(OC)c2)C1. The molecule has 1 saturated carbocycles. The van der Waals surface area contributed by atoms with Crippen molar-refractivity contribution in [3.8, 4) is 5.75 Å². The molecule has 0 radical (unpaired) electrons. The molecule has 1 aliphatic carbocycles. The van der Waals surface area contributed by atoms with E-state index in [2.05, 4.69) is 10.2 Å². The van der Waals surface area contributed by atoms with Crippen molar-refractivity contribution < 1.29 is 14.3 Å². The van der Waals surface area contributed by atoms with Crippen LogP contribution < -0.4 is 10.1 Å². The minimum Gasteiger partial charge on any atom is -0.497 e. The van der Waals surface area contributed by atoms with Crippen molar-refractivity contribution >= 4 is 11.8 Å². The van der Waals surface area contributed by atoms with E-state index in [0.717, 1.165) is 48.4 Å². The van der Waals surface area contributed by atoms with Gasteiger partial charge in [0.25, 0.3) is 5.91 Å². The number of ether oxygens (including phenoxy) is 1. The van der Waals surface area contributed by atoms with E-state index in [1.165, 1.54) is 0 Å². The highest BCUT2D eigenvalue weighted by atomic mass is 16.5. The molecule has 172 valence electrons. The average Bonchev–Trinajstić information content (AvgIpc) is 3.54. The number of nitrogens with zero attached hydrogens (tertiary/aromatic N) is 4. The van der Waals surface area contributed by atoms with Gasteiger partial charge < -0.3 is 15.0 Å². The summed E-state index contributed by atoms with van der Waals surface area (Å²) in [6, 6.07) is 8.19. The first kappa shape index (κ1) is 22.3. The lowest BCUT2D eigenvalue weighted by atomic mass is 10.0. The van der Waals surface area contributed by atoms with Gasteiger partial charge in [0.1, 0.15) is 5.75 Å². The minimum atomic E-state index is -0.106. The number of hydrogen-bond acceptors (Lipinski definition) is 5. The maximum Gasteiger partial charge on any atom is 0.272 e. The van der Waals surface area contributed by atoms with Gasteiger partial charge in [-0.15, -0.1) is 0 Å². The first-order chi connectivity index (χ1) is 15.5. The summed E-state index contributed by atoms with van der Waals surface area (Å²) in [6.45, 7) is 7.70. The summed E-state index contributed by atoms with van der Waals surface area (Å²) in [5, 5.41) is 7.83. The van der Waals surface area contributed by atoms with Gasteiger partial charge in [-0.1, -0.05) is 12.1 Å². The molecule has 1 aromatic carbocycles. The summed E-state index contributed by atoms with van der Waals surface area (Å²) in [5.74, 6) is 0.826. The Balaban J connectivity index is 1.58. The third kappa shape index (κ3) is 4.96. The molecule has 1 aromatic heterocycles. The van der Waals surface area contributed by atoms with Gasteiger partial charge in [0, 0.05) is 49.9 Å².